The lowest BCUT2D eigenvalue weighted by molar-refractivity contribution is 0.0167. The summed E-state index contributed by atoms with van der Waals surface area (Å²) in [5.74, 6) is 0.776. The molecule has 3 rings (SSSR count). The summed E-state index contributed by atoms with van der Waals surface area (Å²) in [6, 6.07) is 5.01. The molecule has 8 heteroatoms. The Morgan fingerprint density at radius 3 is 2.89 bits per heavy atom. The van der Waals surface area contributed by atoms with Crippen LogP contribution in [-0.2, 0) is 4.74 Å². The molecule has 1 N–H and O–H groups in total. The second-order valence-electron chi connectivity index (χ2n) is 7.70. The Balaban J connectivity index is 1.50. The van der Waals surface area contributed by atoms with Crippen molar-refractivity contribution in [2.24, 2.45) is 5.92 Å². The van der Waals surface area contributed by atoms with Gasteiger partial charge in [0.1, 0.15) is 5.60 Å². The second kappa shape index (κ2) is 7.85. The Hall–Kier alpha value is -2.77. The van der Waals surface area contributed by atoms with E-state index in [0.29, 0.717) is 31.2 Å². The van der Waals surface area contributed by atoms with Gasteiger partial charge in [-0.25, -0.2) is 4.79 Å². The van der Waals surface area contributed by atoms with Crippen LogP contribution in [0.25, 0.3) is 11.5 Å². The molecule has 2 aromatic heterocycles. The number of aromatic nitrogens is 1. The first kappa shape index (κ1) is 19.0. The molecule has 2 aromatic rings. The van der Waals surface area contributed by atoms with Gasteiger partial charge in [0.25, 0.3) is 5.91 Å². The molecule has 3 heterocycles. The summed E-state index contributed by atoms with van der Waals surface area (Å²) in [5.41, 5.74) is -0.321. The third-order valence-electron chi connectivity index (χ3n) is 4.23. The number of piperidine rings is 1. The summed E-state index contributed by atoms with van der Waals surface area (Å²) >= 11 is 0. The summed E-state index contributed by atoms with van der Waals surface area (Å²) in [6.07, 6.45) is 3.04. The SMILES string of the molecule is CC(C)(C)OC(=O)N1CCCC(CNC(=O)c2cc(-c3ccco3)on2)C1. The van der Waals surface area contributed by atoms with Gasteiger partial charge < -0.3 is 23.9 Å². The van der Waals surface area contributed by atoms with E-state index in [-0.39, 0.29) is 23.6 Å². The average Bonchev–Trinajstić information content (AvgIpc) is 3.29. The molecule has 1 aliphatic rings. The highest BCUT2D eigenvalue weighted by Gasteiger charge is 2.28. The second-order valence-corrected chi connectivity index (χ2v) is 7.70. The largest absolute Gasteiger partial charge is 0.461 e. The van der Waals surface area contributed by atoms with Crippen molar-refractivity contribution in [3.63, 3.8) is 0 Å². The molecule has 0 radical (unpaired) electrons. The number of rotatable bonds is 4. The average molecular weight is 375 g/mol. The number of amides is 2. The lowest BCUT2D eigenvalue weighted by Crippen LogP contribution is -2.45. The summed E-state index contributed by atoms with van der Waals surface area (Å²) < 4.78 is 15.8. The van der Waals surface area contributed by atoms with Crippen LogP contribution in [0.15, 0.2) is 33.4 Å². The molecule has 0 aliphatic carbocycles. The van der Waals surface area contributed by atoms with Crippen LogP contribution in [0.2, 0.25) is 0 Å². The minimum absolute atomic E-state index is 0.173. The maximum atomic E-state index is 12.3. The number of furan rings is 1. The molecule has 2 amide bonds. The predicted molar refractivity (Wildman–Crippen MR) is 97.1 cm³/mol. The number of carbonyl (C=O) groups is 2. The van der Waals surface area contributed by atoms with Gasteiger partial charge in [0.15, 0.2) is 11.5 Å². The van der Waals surface area contributed by atoms with E-state index in [1.54, 1.807) is 23.1 Å². The lowest BCUT2D eigenvalue weighted by Gasteiger charge is -2.34. The third-order valence-corrected chi connectivity index (χ3v) is 4.23. The minimum atomic E-state index is -0.517. The van der Waals surface area contributed by atoms with E-state index in [1.807, 2.05) is 20.8 Å². The first-order valence-electron chi connectivity index (χ1n) is 9.08. The van der Waals surface area contributed by atoms with Gasteiger partial charge in [-0.05, 0) is 51.7 Å². The van der Waals surface area contributed by atoms with Gasteiger partial charge >= 0.3 is 6.09 Å². The standard InChI is InChI=1S/C19H25N3O5/c1-19(2,3)26-18(24)22-8-4-6-13(12-22)11-20-17(23)14-10-16(27-21-14)15-7-5-9-25-15/h5,7,9-10,13H,4,6,8,11-12H2,1-3H3,(H,20,23). The first-order chi connectivity index (χ1) is 12.8. The van der Waals surface area contributed by atoms with E-state index in [2.05, 4.69) is 10.5 Å². The van der Waals surface area contributed by atoms with Crippen LogP contribution in [0, 0.1) is 5.92 Å². The fraction of sp³-hybridized carbons (Fsp3) is 0.526. The number of nitrogens with one attached hydrogen (secondary N) is 1. The van der Waals surface area contributed by atoms with Gasteiger partial charge in [-0.3, -0.25) is 4.79 Å². The fourth-order valence-electron chi connectivity index (χ4n) is 2.97. The molecular weight excluding hydrogens is 350 g/mol. The summed E-state index contributed by atoms with van der Waals surface area (Å²) in [4.78, 5) is 26.2. The smallest absolute Gasteiger partial charge is 0.410 e. The minimum Gasteiger partial charge on any atom is -0.461 e. The monoisotopic (exact) mass is 375 g/mol. The molecule has 1 saturated heterocycles. The first-order valence-corrected chi connectivity index (χ1v) is 9.08. The maximum Gasteiger partial charge on any atom is 0.410 e. The Morgan fingerprint density at radius 1 is 1.37 bits per heavy atom. The van der Waals surface area contributed by atoms with E-state index < -0.39 is 5.60 Å². The van der Waals surface area contributed by atoms with E-state index in [0.717, 1.165) is 12.8 Å². The van der Waals surface area contributed by atoms with Crippen molar-refractivity contribution in [2.45, 2.75) is 39.2 Å². The molecule has 1 unspecified atom stereocenters. The van der Waals surface area contributed by atoms with E-state index >= 15 is 0 Å². The van der Waals surface area contributed by atoms with E-state index in [9.17, 15) is 9.59 Å². The van der Waals surface area contributed by atoms with Crippen molar-refractivity contribution in [2.75, 3.05) is 19.6 Å². The highest BCUT2D eigenvalue weighted by molar-refractivity contribution is 5.92. The molecule has 0 bridgehead atoms. The van der Waals surface area contributed by atoms with Crippen molar-refractivity contribution in [3.05, 3.63) is 30.2 Å². The zero-order valence-electron chi connectivity index (χ0n) is 15.9. The van der Waals surface area contributed by atoms with Crippen LogP contribution in [0.3, 0.4) is 0 Å². The van der Waals surface area contributed by atoms with Crippen molar-refractivity contribution in [3.8, 4) is 11.5 Å². The molecule has 1 aliphatic heterocycles. The number of hydrogen-bond donors (Lipinski definition) is 1. The van der Waals surface area contributed by atoms with Crippen LogP contribution in [-0.4, -0.2) is 47.3 Å². The van der Waals surface area contributed by atoms with Crippen LogP contribution in [0.4, 0.5) is 4.79 Å². The summed E-state index contributed by atoms with van der Waals surface area (Å²) in [6.45, 7) is 7.24. The molecule has 0 spiro atoms. The normalized spacial score (nSPS) is 17.6. The van der Waals surface area contributed by atoms with Crippen molar-refractivity contribution in [1.82, 2.24) is 15.4 Å². The molecule has 0 aromatic carbocycles. The molecule has 8 nitrogen and oxygen atoms in total. The quantitative estimate of drug-likeness (QED) is 0.880. The van der Waals surface area contributed by atoms with Gasteiger partial charge in [-0.15, -0.1) is 0 Å². The molecule has 1 fully saturated rings. The van der Waals surface area contributed by atoms with E-state index in [4.69, 9.17) is 13.7 Å². The number of nitrogens with zero attached hydrogens (tertiary/aromatic N) is 2. The van der Waals surface area contributed by atoms with Crippen molar-refractivity contribution >= 4 is 12.0 Å². The summed E-state index contributed by atoms with van der Waals surface area (Å²) in [5, 5.41) is 6.65. The van der Waals surface area contributed by atoms with Gasteiger partial charge in [-0.1, -0.05) is 5.16 Å². The Bertz CT molecular complexity index is 776. The van der Waals surface area contributed by atoms with Crippen LogP contribution in [0.1, 0.15) is 44.1 Å². The van der Waals surface area contributed by atoms with Gasteiger partial charge in [0.2, 0.25) is 5.76 Å². The zero-order chi connectivity index (χ0) is 19.4. The maximum absolute atomic E-state index is 12.3. The molecular formula is C19H25N3O5. The van der Waals surface area contributed by atoms with Crippen LogP contribution < -0.4 is 5.32 Å². The van der Waals surface area contributed by atoms with E-state index in [1.165, 1.54) is 6.26 Å². The molecule has 146 valence electrons. The summed E-state index contributed by atoms with van der Waals surface area (Å²) in [7, 11) is 0. The topological polar surface area (TPSA) is 97.8 Å². The highest BCUT2D eigenvalue weighted by Crippen LogP contribution is 2.21. The van der Waals surface area contributed by atoms with Crippen molar-refractivity contribution in [1.29, 1.82) is 0 Å². The Labute approximate surface area is 157 Å². The Morgan fingerprint density at radius 2 is 2.19 bits per heavy atom. The number of ether oxygens (including phenoxy) is 1. The van der Waals surface area contributed by atoms with Crippen LogP contribution >= 0.6 is 0 Å². The number of likely N-dealkylation sites (tertiary alicyclic amines) is 1. The Kier molecular flexibility index (Phi) is 5.53. The van der Waals surface area contributed by atoms with Gasteiger partial charge in [-0.2, -0.15) is 0 Å². The fourth-order valence-corrected chi connectivity index (χ4v) is 2.97. The third kappa shape index (κ3) is 5.12. The van der Waals surface area contributed by atoms with Crippen LogP contribution in [0.5, 0.6) is 0 Å². The predicted octanol–water partition coefficient (Wildman–Crippen LogP) is 3.31. The zero-order valence-corrected chi connectivity index (χ0v) is 15.9. The van der Waals surface area contributed by atoms with Gasteiger partial charge in [0, 0.05) is 25.7 Å². The number of carbonyl (C=O) groups excluding carboxylic acids is 2. The van der Waals surface area contributed by atoms with Crippen molar-refractivity contribution < 1.29 is 23.3 Å². The molecule has 0 saturated carbocycles. The molecule has 27 heavy (non-hydrogen) atoms. The highest BCUT2D eigenvalue weighted by atomic mass is 16.6. The number of hydrogen-bond acceptors (Lipinski definition) is 6. The molecule has 1 atom stereocenters. The van der Waals surface area contributed by atoms with Gasteiger partial charge in [0.05, 0.1) is 6.26 Å². The lowest BCUT2D eigenvalue weighted by atomic mass is 9.98.